The van der Waals surface area contributed by atoms with Crippen molar-refractivity contribution in [3.05, 3.63) is 22.4 Å². The molecule has 0 aliphatic heterocycles. The highest BCUT2D eigenvalue weighted by molar-refractivity contribution is 7.07. The molecule has 0 fully saturated rings. The van der Waals surface area contributed by atoms with Crippen molar-refractivity contribution in [2.75, 3.05) is 7.05 Å². The van der Waals surface area contributed by atoms with Crippen molar-refractivity contribution >= 4 is 29.2 Å². The van der Waals surface area contributed by atoms with Crippen LogP contribution in [0, 0.1) is 0 Å². The summed E-state index contributed by atoms with van der Waals surface area (Å²) < 4.78 is 0. The van der Waals surface area contributed by atoms with Crippen LogP contribution in [0.3, 0.4) is 0 Å². The summed E-state index contributed by atoms with van der Waals surface area (Å²) in [5.41, 5.74) is 5.88. The Morgan fingerprint density at radius 1 is 1.53 bits per heavy atom. The van der Waals surface area contributed by atoms with Crippen LogP contribution in [0.2, 0.25) is 0 Å². The fraction of sp³-hybridized carbons (Fsp3) is 0.364. The number of hydrogen-bond acceptors (Lipinski definition) is 4. The van der Waals surface area contributed by atoms with Crippen molar-refractivity contribution in [3.63, 3.8) is 0 Å². The van der Waals surface area contributed by atoms with Crippen LogP contribution >= 0.6 is 11.3 Å². The Morgan fingerprint density at radius 3 is 2.68 bits per heavy atom. The van der Waals surface area contributed by atoms with Gasteiger partial charge < -0.3 is 21.1 Å². The monoisotopic (exact) mass is 285 g/mol. The first-order chi connectivity index (χ1) is 8.90. The first-order valence-corrected chi connectivity index (χ1v) is 6.38. The molecule has 1 rings (SSSR count). The maximum atomic E-state index is 11.8. The zero-order chi connectivity index (χ0) is 14.4. The summed E-state index contributed by atoms with van der Waals surface area (Å²) in [5.74, 6) is -2.08. The number of hydrogen-bond donors (Lipinski definition) is 3. The molecule has 19 heavy (non-hydrogen) atoms. The van der Waals surface area contributed by atoms with Crippen LogP contribution in [0.5, 0.6) is 0 Å². The Morgan fingerprint density at radius 2 is 2.21 bits per heavy atom. The van der Waals surface area contributed by atoms with Crippen molar-refractivity contribution in [2.45, 2.75) is 19.0 Å². The molecular formula is C11H15N3O4S. The molecule has 1 aromatic heterocycles. The molecular weight excluding hydrogens is 270 g/mol. The van der Waals surface area contributed by atoms with Crippen LogP contribution < -0.4 is 11.1 Å². The van der Waals surface area contributed by atoms with Gasteiger partial charge in [-0.2, -0.15) is 11.3 Å². The minimum atomic E-state index is -1.31. The lowest BCUT2D eigenvalue weighted by Gasteiger charge is -2.20. The van der Waals surface area contributed by atoms with E-state index in [1.807, 2.05) is 16.8 Å². The van der Waals surface area contributed by atoms with E-state index in [2.05, 4.69) is 5.32 Å². The van der Waals surface area contributed by atoms with Crippen molar-refractivity contribution < 1.29 is 19.5 Å². The molecule has 1 atom stereocenters. The number of nitrogens with two attached hydrogens (primary N) is 1. The summed E-state index contributed by atoms with van der Waals surface area (Å²) in [4.78, 5) is 34.7. The van der Waals surface area contributed by atoms with Crippen molar-refractivity contribution in [3.8, 4) is 0 Å². The van der Waals surface area contributed by atoms with Crippen molar-refractivity contribution in [1.82, 2.24) is 10.2 Å². The van der Waals surface area contributed by atoms with E-state index in [9.17, 15) is 14.4 Å². The third-order valence-corrected chi connectivity index (χ3v) is 3.08. The Balaban J connectivity index is 2.56. The molecule has 0 unspecified atom stereocenters. The number of urea groups is 1. The second-order valence-electron chi connectivity index (χ2n) is 4.00. The number of rotatable bonds is 6. The Kier molecular flexibility index (Phi) is 5.31. The Labute approximate surface area is 114 Å². The summed E-state index contributed by atoms with van der Waals surface area (Å²) in [6, 6.07) is -0.0122. The molecule has 0 saturated heterocycles. The summed E-state index contributed by atoms with van der Waals surface area (Å²) in [5, 5.41) is 14.9. The number of nitrogens with one attached hydrogen (secondary N) is 1. The maximum Gasteiger partial charge on any atom is 0.326 e. The van der Waals surface area contributed by atoms with Crippen LogP contribution in [0.4, 0.5) is 4.79 Å². The number of carboxylic acid groups (broad SMARTS) is 1. The predicted molar refractivity (Wildman–Crippen MR) is 69.6 cm³/mol. The van der Waals surface area contributed by atoms with Gasteiger partial charge in [-0.05, 0) is 22.4 Å². The number of carbonyl (C=O) groups excluding carboxylic acids is 2. The molecule has 1 aromatic rings. The van der Waals surface area contributed by atoms with Crippen molar-refractivity contribution in [2.24, 2.45) is 5.73 Å². The summed E-state index contributed by atoms with van der Waals surface area (Å²) >= 11 is 1.51. The van der Waals surface area contributed by atoms with Gasteiger partial charge in [-0.15, -0.1) is 0 Å². The van der Waals surface area contributed by atoms with Gasteiger partial charge in [-0.25, -0.2) is 9.59 Å². The average molecular weight is 285 g/mol. The fourth-order valence-corrected chi connectivity index (χ4v) is 2.05. The van der Waals surface area contributed by atoms with Gasteiger partial charge in [0, 0.05) is 13.6 Å². The number of amides is 3. The second-order valence-corrected chi connectivity index (χ2v) is 4.78. The molecule has 1 heterocycles. The highest BCUT2D eigenvalue weighted by Gasteiger charge is 2.23. The predicted octanol–water partition coefficient (Wildman–Crippen LogP) is 0.218. The van der Waals surface area contributed by atoms with Gasteiger partial charge in [-0.1, -0.05) is 0 Å². The first-order valence-electron chi connectivity index (χ1n) is 5.44. The minimum Gasteiger partial charge on any atom is -0.480 e. The fourth-order valence-electron chi connectivity index (χ4n) is 1.39. The van der Waals surface area contributed by atoms with Gasteiger partial charge in [0.05, 0.1) is 6.42 Å². The Bertz CT molecular complexity index is 461. The van der Waals surface area contributed by atoms with Crippen LogP contribution in [0.15, 0.2) is 16.8 Å². The molecule has 0 radical (unpaired) electrons. The lowest BCUT2D eigenvalue weighted by atomic mass is 10.2. The SMILES string of the molecule is CN(Cc1ccsc1)C(=O)N[C@@H](CC(N)=O)C(=O)O. The van der Waals surface area contributed by atoms with E-state index in [1.54, 1.807) is 0 Å². The molecule has 4 N–H and O–H groups in total. The highest BCUT2D eigenvalue weighted by Crippen LogP contribution is 2.08. The smallest absolute Gasteiger partial charge is 0.326 e. The molecule has 0 bridgehead atoms. The van der Waals surface area contributed by atoms with Crippen LogP contribution in [-0.4, -0.2) is 41.0 Å². The molecule has 104 valence electrons. The van der Waals surface area contributed by atoms with Gasteiger partial charge in [-0.3, -0.25) is 4.79 Å². The van der Waals surface area contributed by atoms with Gasteiger partial charge in [0.25, 0.3) is 0 Å². The lowest BCUT2D eigenvalue weighted by Crippen LogP contribution is -2.47. The van der Waals surface area contributed by atoms with E-state index < -0.39 is 30.4 Å². The number of aliphatic carboxylic acids is 1. The average Bonchev–Trinajstić information content (AvgIpc) is 2.79. The third kappa shape index (κ3) is 4.96. The lowest BCUT2D eigenvalue weighted by molar-refractivity contribution is -0.140. The van der Waals surface area contributed by atoms with Crippen molar-refractivity contribution in [1.29, 1.82) is 0 Å². The number of thiophene rings is 1. The minimum absolute atomic E-state index is 0.359. The zero-order valence-electron chi connectivity index (χ0n) is 10.3. The standard InChI is InChI=1S/C11H15N3O4S/c1-14(5-7-2-3-19-6-7)11(18)13-8(10(16)17)4-9(12)15/h2-3,6,8H,4-5H2,1H3,(H2,12,15)(H,13,18)(H,16,17)/t8-/m0/s1. The van der Waals surface area contributed by atoms with Crippen LogP contribution in [-0.2, 0) is 16.1 Å². The first kappa shape index (κ1) is 15.0. The number of carboxylic acids is 1. The van der Waals surface area contributed by atoms with E-state index in [0.717, 1.165) is 5.56 Å². The van der Waals surface area contributed by atoms with E-state index in [0.29, 0.717) is 6.54 Å². The number of primary amides is 1. The summed E-state index contributed by atoms with van der Waals surface area (Å²) in [7, 11) is 1.54. The molecule has 0 aliphatic rings. The molecule has 0 spiro atoms. The largest absolute Gasteiger partial charge is 0.480 e. The van der Waals surface area contributed by atoms with E-state index >= 15 is 0 Å². The van der Waals surface area contributed by atoms with E-state index in [-0.39, 0.29) is 0 Å². The molecule has 7 nitrogen and oxygen atoms in total. The highest BCUT2D eigenvalue weighted by atomic mass is 32.1. The topological polar surface area (TPSA) is 113 Å². The summed E-state index contributed by atoms with van der Waals surface area (Å²) in [6.45, 7) is 0.359. The maximum absolute atomic E-state index is 11.8. The van der Waals surface area contributed by atoms with Gasteiger partial charge in [0.1, 0.15) is 6.04 Å². The molecule has 0 aliphatic carbocycles. The van der Waals surface area contributed by atoms with Crippen LogP contribution in [0.25, 0.3) is 0 Å². The second kappa shape index (κ2) is 6.74. The third-order valence-electron chi connectivity index (χ3n) is 2.35. The van der Waals surface area contributed by atoms with Gasteiger partial charge in [0.15, 0.2) is 0 Å². The Hall–Kier alpha value is -2.09. The molecule has 3 amide bonds. The normalized spacial score (nSPS) is 11.6. The zero-order valence-corrected chi connectivity index (χ0v) is 11.1. The molecule has 8 heteroatoms. The van der Waals surface area contributed by atoms with Gasteiger partial charge in [0.2, 0.25) is 5.91 Å². The van der Waals surface area contributed by atoms with E-state index in [1.165, 1.54) is 23.3 Å². The number of nitrogens with zero attached hydrogens (tertiary/aromatic N) is 1. The molecule has 0 saturated carbocycles. The quantitative estimate of drug-likeness (QED) is 0.693. The van der Waals surface area contributed by atoms with Crippen LogP contribution in [0.1, 0.15) is 12.0 Å². The molecule has 0 aromatic carbocycles. The summed E-state index contributed by atoms with van der Waals surface area (Å²) in [6.07, 6.45) is -0.437. The van der Waals surface area contributed by atoms with Gasteiger partial charge >= 0.3 is 12.0 Å². The number of carbonyl (C=O) groups is 3. The van der Waals surface area contributed by atoms with E-state index in [4.69, 9.17) is 10.8 Å².